The van der Waals surface area contributed by atoms with Crippen LogP contribution in [0.1, 0.15) is 50.3 Å². The molecule has 1 amide bonds. The van der Waals surface area contributed by atoms with E-state index in [1.165, 1.54) is 19.2 Å². The van der Waals surface area contributed by atoms with Crippen molar-refractivity contribution in [3.63, 3.8) is 0 Å². The van der Waals surface area contributed by atoms with Gasteiger partial charge in [-0.25, -0.2) is 8.42 Å². The van der Waals surface area contributed by atoms with Gasteiger partial charge in [-0.2, -0.15) is 0 Å². The van der Waals surface area contributed by atoms with E-state index in [2.05, 4.69) is 35.1 Å². The molecule has 1 heterocycles. The maximum absolute atomic E-state index is 13.9. The van der Waals surface area contributed by atoms with Gasteiger partial charge in [0.05, 0.1) is 28.2 Å². The van der Waals surface area contributed by atoms with Crippen LogP contribution in [0.2, 0.25) is 0 Å². The van der Waals surface area contributed by atoms with Crippen LogP contribution in [-0.4, -0.2) is 33.6 Å². The third kappa shape index (κ3) is 5.68. The van der Waals surface area contributed by atoms with Gasteiger partial charge in [0.25, 0.3) is 10.0 Å². The fourth-order valence-corrected chi connectivity index (χ4v) is 6.90. The first kappa shape index (κ1) is 28.0. The average molecular weight is 602 g/mol. The second kappa shape index (κ2) is 11.4. The number of aryl methyl sites for hydroxylation is 1. The number of amides is 1. The lowest BCUT2D eigenvalue weighted by molar-refractivity contribution is -0.121. The molecule has 0 bridgehead atoms. The van der Waals surface area contributed by atoms with Crippen molar-refractivity contribution in [3.8, 4) is 11.5 Å². The molecule has 0 saturated carbocycles. The van der Waals surface area contributed by atoms with Crippen molar-refractivity contribution >= 4 is 37.5 Å². The predicted molar refractivity (Wildman–Crippen MR) is 152 cm³/mol. The first-order valence-electron chi connectivity index (χ1n) is 12.6. The zero-order valence-electron chi connectivity index (χ0n) is 22.0. The third-order valence-electron chi connectivity index (χ3n) is 7.14. The van der Waals surface area contributed by atoms with E-state index >= 15 is 0 Å². The maximum atomic E-state index is 13.9. The van der Waals surface area contributed by atoms with Crippen molar-refractivity contribution < 1.29 is 22.7 Å². The average Bonchev–Trinajstić information content (AvgIpc) is 2.92. The van der Waals surface area contributed by atoms with E-state index in [1.54, 1.807) is 18.2 Å². The fourth-order valence-electron chi connectivity index (χ4n) is 4.76. The number of sulfonamides is 1. The van der Waals surface area contributed by atoms with Crippen LogP contribution in [0.5, 0.6) is 11.5 Å². The number of nitrogens with zero attached hydrogens (tertiary/aromatic N) is 1. The Kier molecular flexibility index (Phi) is 8.37. The summed E-state index contributed by atoms with van der Waals surface area (Å²) in [6, 6.07) is 19.0. The molecule has 1 atom stereocenters. The summed E-state index contributed by atoms with van der Waals surface area (Å²) in [7, 11) is -2.57. The van der Waals surface area contributed by atoms with Crippen molar-refractivity contribution in [1.82, 2.24) is 5.32 Å². The van der Waals surface area contributed by atoms with Crippen molar-refractivity contribution in [1.29, 1.82) is 0 Å². The normalized spacial score (nSPS) is 16.2. The first-order valence-corrected chi connectivity index (χ1v) is 14.9. The lowest BCUT2D eigenvalue weighted by atomic mass is 9.83. The van der Waals surface area contributed by atoms with Gasteiger partial charge in [-0.05, 0) is 72.1 Å². The van der Waals surface area contributed by atoms with Gasteiger partial charge in [-0.1, -0.05) is 49.7 Å². The molecule has 3 aromatic rings. The van der Waals surface area contributed by atoms with Crippen LogP contribution < -0.4 is 19.1 Å². The summed E-state index contributed by atoms with van der Waals surface area (Å²) in [5.74, 6) is 0.862. The Morgan fingerprint density at radius 2 is 1.79 bits per heavy atom. The van der Waals surface area contributed by atoms with Crippen molar-refractivity contribution in [2.24, 2.45) is 0 Å². The second-order valence-corrected chi connectivity index (χ2v) is 12.2. The second-order valence-electron chi connectivity index (χ2n) is 9.50. The van der Waals surface area contributed by atoms with E-state index in [-0.39, 0.29) is 17.5 Å². The molecular weight excluding hydrogens is 568 g/mol. The molecule has 1 aliphatic rings. The Hall–Kier alpha value is -3.04. The summed E-state index contributed by atoms with van der Waals surface area (Å²) in [4.78, 5) is 13.6. The molecule has 3 aromatic carbocycles. The van der Waals surface area contributed by atoms with Crippen LogP contribution in [0.25, 0.3) is 0 Å². The minimum absolute atomic E-state index is 0.0472. The molecule has 0 radical (unpaired) electrons. The summed E-state index contributed by atoms with van der Waals surface area (Å²) < 4.78 is 41.0. The number of methoxy groups -OCH3 is 1. The molecule has 0 aromatic heterocycles. The largest absolute Gasteiger partial charge is 0.496 e. The summed E-state index contributed by atoms with van der Waals surface area (Å²) in [5, 5.41) is 3.11. The highest BCUT2D eigenvalue weighted by Crippen LogP contribution is 2.42. The Balaban J connectivity index is 1.67. The highest BCUT2D eigenvalue weighted by molar-refractivity contribution is 9.10. The highest BCUT2D eigenvalue weighted by atomic mass is 79.9. The molecule has 0 aliphatic carbocycles. The predicted octanol–water partition coefficient (Wildman–Crippen LogP) is 6.16. The Labute approximate surface area is 233 Å². The lowest BCUT2D eigenvalue weighted by Crippen LogP contribution is -2.47. The number of hydrogen-bond donors (Lipinski definition) is 1. The molecule has 38 heavy (non-hydrogen) atoms. The van der Waals surface area contributed by atoms with E-state index in [1.807, 2.05) is 43.3 Å². The number of anilines is 1. The number of nitrogens with one attached hydrogen (secondary N) is 1. The highest BCUT2D eigenvalue weighted by Gasteiger charge is 2.39. The zero-order chi connectivity index (χ0) is 27.5. The Bertz CT molecular complexity index is 1400. The van der Waals surface area contributed by atoms with Crippen LogP contribution in [0, 0.1) is 6.92 Å². The van der Waals surface area contributed by atoms with Gasteiger partial charge in [-0.15, -0.1) is 0 Å². The Morgan fingerprint density at radius 3 is 2.42 bits per heavy atom. The number of benzene rings is 3. The van der Waals surface area contributed by atoms with Crippen molar-refractivity contribution in [3.05, 3.63) is 82.3 Å². The van der Waals surface area contributed by atoms with Gasteiger partial charge in [-0.3, -0.25) is 9.10 Å². The van der Waals surface area contributed by atoms with Gasteiger partial charge in [0.15, 0.2) is 0 Å². The molecule has 0 spiro atoms. The molecule has 0 fully saturated rings. The molecular formula is C29H33BrN2O5S. The van der Waals surface area contributed by atoms with E-state index < -0.39 is 21.5 Å². The van der Waals surface area contributed by atoms with Crippen LogP contribution in [0.15, 0.2) is 76.1 Å². The SMILES string of the molecule is CCC1(CC)C[C@H](NC(=O)CN(c2ccc(C)cc2)S(=O)(=O)c2ccc(OC)c(Br)c2)c2ccccc2O1. The van der Waals surface area contributed by atoms with Crippen LogP contribution in [0.4, 0.5) is 5.69 Å². The zero-order valence-corrected chi connectivity index (χ0v) is 24.4. The van der Waals surface area contributed by atoms with E-state index in [0.717, 1.165) is 34.0 Å². The number of halogens is 1. The number of para-hydroxylation sites is 1. The third-order valence-corrected chi connectivity index (χ3v) is 9.53. The van der Waals surface area contributed by atoms with Crippen molar-refractivity contribution in [2.75, 3.05) is 18.0 Å². The number of ether oxygens (including phenoxy) is 2. The number of carbonyl (C=O) groups is 1. The summed E-state index contributed by atoms with van der Waals surface area (Å²) >= 11 is 3.37. The minimum Gasteiger partial charge on any atom is -0.496 e. The molecule has 9 heteroatoms. The summed E-state index contributed by atoms with van der Waals surface area (Å²) in [5.41, 5.74) is 1.88. The van der Waals surface area contributed by atoms with Gasteiger partial charge in [0.1, 0.15) is 23.6 Å². The van der Waals surface area contributed by atoms with E-state index in [4.69, 9.17) is 9.47 Å². The monoisotopic (exact) mass is 600 g/mol. The molecule has 1 N–H and O–H groups in total. The smallest absolute Gasteiger partial charge is 0.264 e. The lowest BCUT2D eigenvalue weighted by Gasteiger charge is -2.41. The number of fused-ring (bicyclic) bond motifs is 1. The van der Waals surface area contributed by atoms with Gasteiger partial charge in [0, 0.05) is 12.0 Å². The van der Waals surface area contributed by atoms with E-state index in [0.29, 0.717) is 22.3 Å². The summed E-state index contributed by atoms with van der Waals surface area (Å²) in [6.45, 7) is 5.70. The number of hydrogen-bond acceptors (Lipinski definition) is 5. The molecule has 202 valence electrons. The first-order chi connectivity index (χ1) is 18.1. The van der Waals surface area contributed by atoms with Crippen LogP contribution >= 0.6 is 15.9 Å². The quantitative estimate of drug-likeness (QED) is 0.318. The molecule has 4 rings (SSSR count). The van der Waals surface area contributed by atoms with E-state index in [9.17, 15) is 13.2 Å². The van der Waals surface area contributed by atoms with Crippen LogP contribution in [-0.2, 0) is 14.8 Å². The number of carbonyl (C=O) groups excluding carboxylic acids is 1. The van der Waals surface area contributed by atoms with Gasteiger partial charge < -0.3 is 14.8 Å². The molecule has 0 unspecified atom stereocenters. The van der Waals surface area contributed by atoms with Gasteiger partial charge >= 0.3 is 0 Å². The van der Waals surface area contributed by atoms with Crippen LogP contribution in [0.3, 0.4) is 0 Å². The molecule has 7 nitrogen and oxygen atoms in total. The topological polar surface area (TPSA) is 84.9 Å². The molecule has 0 saturated heterocycles. The fraction of sp³-hybridized carbons (Fsp3) is 0.345. The van der Waals surface area contributed by atoms with Crippen molar-refractivity contribution in [2.45, 2.75) is 56.6 Å². The van der Waals surface area contributed by atoms with Gasteiger partial charge in [0.2, 0.25) is 5.91 Å². The number of rotatable bonds is 9. The maximum Gasteiger partial charge on any atom is 0.264 e. The Morgan fingerprint density at radius 1 is 1.11 bits per heavy atom. The minimum atomic E-state index is -4.08. The molecule has 1 aliphatic heterocycles. The standard InChI is InChI=1S/C29H33BrN2O5S/c1-5-29(6-2)18-25(23-9-7-8-10-26(23)37-29)31-28(33)19-32(21-13-11-20(3)12-14-21)38(34,35)22-15-16-27(36-4)24(30)17-22/h7-17,25H,5-6,18-19H2,1-4H3,(H,31,33)/t25-/m0/s1. The summed E-state index contributed by atoms with van der Waals surface area (Å²) in [6.07, 6.45) is 2.19.